The second-order valence-corrected chi connectivity index (χ2v) is 8.34. The summed E-state index contributed by atoms with van der Waals surface area (Å²) in [4.78, 5) is 12.1. The van der Waals surface area contributed by atoms with Crippen molar-refractivity contribution in [3.05, 3.63) is 0 Å². The molecule has 0 aromatic heterocycles. The zero-order chi connectivity index (χ0) is 19.9. The van der Waals surface area contributed by atoms with Gasteiger partial charge in [0.25, 0.3) is 0 Å². The first-order chi connectivity index (χ1) is 13.8. The van der Waals surface area contributed by atoms with Crippen LogP contribution >= 0.6 is 0 Å². The summed E-state index contributed by atoms with van der Waals surface area (Å²) in [6.07, 6.45) is 17.8. The Kier molecular flexibility index (Phi) is 12.8. The standard InChI is InChI=1S/C23H42O5/c1-2-3-4-5-6-7-8-9-10-11-12-13-14-15-22(24)28-20-16-17-26-21-18-25-19-27-23(20)21/h20-21,23H,2-19H2,1H3. The molecule has 5 nitrogen and oxygen atoms in total. The number of hydrogen-bond donors (Lipinski definition) is 0. The van der Waals surface area contributed by atoms with Gasteiger partial charge < -0.3 is 18.9 Å². The quantitative estimate of drug-likeness (QED) is 0.268. The van der Waals surface area contributed by atoms with Crippen LogP contribution in [0.1, 0.15) is 103 Å². The largest absolute Gasteiger partial charge is 0.459 e. The normalized spacial score (nSPS) is 24.7. The average molecular weight is 399 g/mol. The molecule has 0 radical (unpaired) electrons. The Morgan fingerprint density at radius 2 is 1.46 bits per heavy atom. The maximum Gasteiger partial charge on any atom is 0.306 e. The van der Waals surface area contributed by atoms with E-state index in [0.717, 1.165) is 12.8 Å². The van der Waals surface area contributed by atoms with Crippen LogP contribution in [0, 0.1) is 0 Å². The molecule has 0 aromatic carbocycles. The van der Waals surface area contributed by atoms with E-state index in [1.165, 1.54) is 70.6 Å². The summed E-state index contributed by atoms with van der Waals surface area (Å²) in [7, 11) is 0. The lowest BCUT2D eigenvalue weighted by Crippen LogP contribution is -2.53. The summed E-state index contributed by atoms with van der Waals surface area (Å²) in [5, 5.41) is 0. The fourth-order valence-corrected chi connectivity index (χ4v) is 4.12. The van der Waals surface area contributed by atoms with E-state index in [9.17, 15) is 4.79 Å². The zero-order valence-corrected chi connectivity index (χ0v) is 18.0. The van der Waals surface area contributed by atoms with Gasteiger partial charge in [-0.05, 0) is 6.42 Å². The predicted octanol–water partition coefficient (Wildman–Crippen LogP) is 5.54. The van der Waals surface area contributed by atoms with E-state index >= 15 is 0 Å². The van der Waals surface area contributed by atoms with Gasteiger partial charge in [-0.1, -0.05) is 84.0 Å². The maximum absolute atomic E-state index is 12.1. The molecule has 2 rings (SSSR count). The first-order valence-corrected chi connectivity index (χ1v) is 11.8. The van der Waals surface area contributed by atoms with Crippen molar-refractivity contribution < 1.29 is 23.7 Å². The Bertz CT molecular complexity index is 398. The highest BCUT2D eigenvalue weighted by Crippen LogP contribution is 2.24. The van der Waals surface area contributed by atoms with Crippen LogP contribution in [-0.4, -0.2) is 44.3 Å². The van der Waals surface area contributed by atoms with Crippen molar-refractivity contribution in [2.75, 3.05) is 20.0 Å². The Labute approximate surface area is 171 Å². The molecule has 164 valence electrons. The predicted molar refractivity (Wildman–Crippen MR) is 110 cm³/mol. The first kappa shape index (κ1) is 23.6. The molecule has 5 heteroatoms. The molecule has 0 aliphatic carbocycles. The summed E-state index contributed by atoms with van der Waals surface area (Å²) in [5.41, 5.74) is 0. The summed E-state index contributed by atoms with van der Waals surface area (Å²) in [6.45, 7) is 3.66. The highest BCUT2D eigenvalue weighted by molar-refractivity contribution is 5.69. The highest BCUT2D eigenvalue weighted by Gasteiger charge is 2.39. The minimum Gasteiger partial charge on any atom is -0.459 e. The minimum absolute atomic E-state index is 0.0937. The second-order valence-electron chi connectivity index (χ2n) is 8.34. The third-order valence-electron chi connectivity index (χ3n) is 5.86. The number of esters is 1. The molecule has 0 N–H and O–H groups in total. The lowest BCUT2D eigenvalue weighted by Gasteiger charge is -2.39. The molecular weight excluding hydrogens is 356 g/mol. The Hall–Kier alpha value is -0.650. The molecule has 0 bridgehead atoms. The Balaban J connectivity index is 1.39. The van der Waals surface area contributed by atoms with E-state index < -0.39 is 0 Å². The molecule has 2 aliphatic heterocycles. The lowest BCUT2D eigenvalue weighted by molar-refractivity contribution is -0.256. The smallest absolute Gasteiger partial charge is 0.306 e. The third kappa shape index (κ3) is 9.71. The zero-order valence-electron chi connectivity index (χ0n) is 18.0. The number of carbonyl (C=O) groups excluding carboxylic acids is 1. The fraction of sp³-hybridized carbons (Fsp3) is 0.957. The summed E-state index contributed by atoms with van der Waals surface area (Å²) < 4.78 is 22.2. The van der Waals surface area contributed by atoms with Crippen molar-refractivity contribution in [1.29, 1.82) is 0 Å². The number of fused-ring (bicyclic) bond motifs is 1. The first-order valence-electron chi connectivity index (χ1n) is 11.8. The van der Waals surface area contributed by atoms with Crippen molar-refractivity contribution in [1.82, 2.24) is 0 Å². The fourth-order valence-electron chi connectivity index (χ4n) is 4.12. The molecule has 0 aromatic rings. The molecule has 0 amide bonds. The number of hydrogen-bond acceptors (Lipinski definition) is 5. The molecule has 3 unspecified atom stereocenters. The van der Waals surface area contributed by atoms with E-state index in [0.29, 0.717) is 26.1 Å². The van der Waals surface area contributed by atoms with Gasteiger partial charge in [0.05, 0.1) is 13.2 Å². The molecule has 0 saturated carbocycles. The van der Waals surface area contributed by atoms with Gasteiger partial charge in [-0.15, -0.1) is 0 Å². The molecule has 2 fully saturated rings. The number of ether oxygens (including phenoxy) is 4. The van der Waals surface area contributed by atoms with Crippen molar-refractivity contribution in [3.8, 4) is 0 Å². The van der Waals surface area contributed by atoms with Gasteiger partial charge in [0.15, 0.2) is 0 Å². The van der Waals surface area contributed by atoms with Gasteiger partial charge in [-0.2, -0.15) is 0 Å². The van der Waals surface area contributed by atoms with Crippen LogP contribution < -0.4 is 0 Å². The Morgan fingerprint density at radius 3 is 2.11 bits per heavy atom. The third-order valence-corrected chi connectivity index (χ3v) is 5.86. The molecular formula is C23H42O5. The number of unbranched alkanes of at least 4 members (excludes halogenated alkanes) is 12. The SMILES string of the molecule is CCCCCCCCCCCCCCCC(=O)OC1CCOC2COCOC21. The molecule has 28 heavy (non-hydrogen) atoms. The topological polar surface area (TPSA) is 54.0 Å². The van der Waals surface area contributed by atoms with E-state index in [1.807, 2.05) is 0 Å². The monoisotopic (exact) mass is 398 g/mol. The number of carbonyl (C=O) groups is 1. The van der Waals surface area contributed by atoms with Crippen LogP contribution in [-0.2, 0) is 23.7 Å². The van der Waals surface area contributed by atoms with Gasteiger partial charge in [0.2, 0.25) is 0 Å². The van der Waals surface area contributed by atoms with Crippen molar-refractivity contribution >= 4 is 5.97 Å². The summed E-state index contributed by atoms with van der Waals surface area (Å²) >= 11 is 0. The van der Waals surface area contributed by atoms with E-state index in [-0.39, 0.29) is 31.1 Å². The van der Waals surface area contributed by atoms with Gasteiger partial charge >= 0.3 is 5.97 Å². The molecule has 3 atom stereocenters. The molecule has 2 heterocycles. The molecule has 0 spiro atoms. The average Bonchev–Trinajstić information content (AvgIpc) is 2.72. The van der Waals surface area contributed by atoms with Gasteiger partial charge in [0, 0.05) is 12.8 Å². The number of rotatable bonds is 15. The van der Waals surface area contributed by atoms with E-state index in [4.69, 9.17) is 18.9 Å². The van der Waals surface area contributed by atoms with Gasteiger partial charge in [0.1, 0.15) is 25.1 Å². The lowest BCUT2D eigenvalue weighted by atomic mass is 10.0. The summed E-state index contributed by atoms with van der Waals surface area (Å²) in [6, 6.07) is 0. The van der Waals surface area contributed by atoms with Crippen molar-refractivity contribution in [3.63, 3.8) is 0 Å². The maximum atomic E-state index is 12.1. The van der Waals surface area contributed by atoms with E-state index in [2.05, 4.69) is 6.92 Å². The molecule has 2 saturated heterocycles. The van der Waals surface area contributed by atoms with Crippen LogP contribution in [0.25, 0.3) is 0 Å². The highest BCUT2D eigenvalue weighted by atomic mass is 16.7. The van der Waals surface area contributed by atoms with Gasteiger partial charge in [-0.25, -0.2) is 0 Å². The van der Waals surface area contributed by atoms with Crippen LogP contribution in [0.2, 0.25) is 0 Å². The Morgan fingerprint density at radius 1 is 0.857 bits per heavy atom. The van der Waals surface area contributed by atoms with Crippen molar-refractivity contribution in [2.24, 2.45) is 0 Å². The van der Waals surface area contributed by atoms with Crippen LogP contribution in [0.5, 0.6) is 0 Å². The summed E-state index contributed by atoms with van der Waals surface area (Å²) in [5.74, 6) is -0.0937. The molecule has 2 aliphatic rings. The minimum atomic E-state index is -0.183. The second kappa shape index (κ2) is 15.2. The van der Waals surface area contributed by atoms with Crippen molar-refractivity contribution in [2.45, 2.75) is 122 Å². The van der Waals surface area contributed by atoms with Gasteiger partial charge in [-0.3, -0.25) is 4.79 Å². The van der Waals surface area contributed by atoms with E-state index in [1.54, 1.807) is 0 Å². The van der Waals surface area contributed by atoms with Crippen LogP contribution in [0.4, 0.5) is 0 Å². The van der Waals surface area contributed by atoms with Crippen LogP contribution in [0.15, 0.2) is 0 Å². The van der Waals surface area contributed by atoms with Crippen LogP contribution in [0.3, 0.4) is 0 Å².